The van der Waals surface area contributed by atoms with Crippen LogP contribution in [-0.2, 0) is 4.74 Å². The van der Waals surface area contributed by atoms with Crippen molar-refractivity contribution in [2.24, 2.45) is 0 Å². The number of nitrogens with zero attached hydrogens (tertiary/aromatic N) is 1. The van der Waals surface area contributed by atoms with Crippen molar-refractivity contribution in [3.8, 4) is 0 Å². The van der Waals surface area contributed by atoms with Gasteiger partial charge >= 0.3 is 0 Å². The molecular formula is C13H16ClIN2O2. The number of hydrogen-bond acceptors (Lipinski definition) is 3. The van der Waals surface area contributed by atoms with Crippen molar-refractivity contribution in [1.29, 1.82) is 0 Å². The van der Waals surface area contributed by atoms with Gasteiger partial charge in [0.15, 0.2) is 0 Å². The molecule has 1 aliphatic heterocycles. The van der Waals surface area contributed by atoms with E-state index < -0.39 is 0 Å². The third-order valence-electron chi connectivity index (χ3n) is 3.00. The number of amides is 1. The van der Waals surface area contributed by atoms with E-state index in [2.05, 4.69) is 27.9 Å². The molecule has 1 heterocycles. The summed E-state index contributed by atoms with van der Waals surface area (Å²) in [6, 6.07) is 5.36. The van der Waals surface area contributed by atoms with Crippen LogP contribution in [-0.4, -0.2) is 50.2 Å². The van der Waals surface area contributed by atoms with Crippen LogP contribution in [0.5, 0.6) is 0 Å². The Hall–Kier alpha value is -0.370. The lowest BCUT2D eigenvalue weighted by molar-refractivity contribution is 0.0104. The van der Waals surface area contributed by atoms with Gasteiger partial charge in [-0.25, -0.2) is 0 Å². The number of carbonyl (C=O) groups excluding carboxylic acids is 1. The number of morpholine rings is 1. The summed E-state index contributed by atoms with van der Waals surface area (Å²) in [6.45, 7) is 2.93. The van der Waals surface area contributed by atoms with Gasteiger partial charge in [0.1, 0.15) is 0 Å². The van der Waals surface area contributed by atoms with Gasteiger partial charge in [-0.3, -0.25) is 4.79 Å². The first kappa shape index (κ1) is 15.0. The number of hydrogen-bond donors (Lipinski definition) is 1. The van der Waals surface area contributed by atoms with Gasteiger partial charge in [-0.2, -0.15) is 0 Å². The van der Waals surface area contributed by atoms with E-state index in [1.165, 1.54) is 0 Å². The second kappa shape index (κ2) is 6.88. The molecule has 1 fully saturated rings. The van der Waals surface area contributed by atoms with Crippen molar-refractivity contribution >= 4 is 40.1 Å². The summed E-state index contributed by atoms with van der Waals surface area (Å²) in [5.74, 6) is -0.0347. The van der Waals surface area contributed by atoms with Crippen LogP contribution >= 0.6 is 34.2 Å². The Bertz CT molecular complexity index is 464. The zero-order chi connectivity index (χ0) is 13.8. The van der Waals surface area contributed by atoms with Crippen molar-refractivity contribution in [3.63, 3.8) is 0 Å². The Kier molecular flexibility index (Phi) is 5.44. The Labute approximate surface area is 131 Å². The van der Waals surface area contributed by atoms with Gasteiger partial charge in [0, 0.05) is 35.8 Å². The molecule has 1 atom stereocenters. The lowest BCUT2D eigenvalue weighted by Crippen LogP contribution is -2.45. The van der Waals surface area contributed by atoms with Crippen molar-refractivity contribution in [3.05, 3.63) is 32.4 Å². The molecule has 1 amide bonds. The number of ether oxygens (including phenoxy) is 1. The van der Waals surface area contributed by atoms with E-state index >= 15 is 0 Å². The van der Waals surface area contributed by atoms with Crippen LogP contribution in [0.25, 0.3) is 0 Å². The molecule has 1 unspecified atom stereocenters. The first-order chi connectivity index (χ1) is 9.08. The highest BCUT2D eigenvalue weighted by Crippen LogP contribution is 2.20. The minimum Gasteiger partial charge on any atom is -0.374 e. The van der Waals surface area contributed by atoms with Crippen LogP contribution in [0.15, 0.2) is 18.2 Å². The second-order valence-corrected chi connectivity index (χ2v) is 6.08. The maximum absolute atomic E-state index is 12.3. The highest BCUT2D eigenvalue weighted by atomic mass is 127. The monoisotopic (exact) mass is 394 g/mol. The SMILES string of the molecule is CN(CC1CNCCO1)C(=O)c1ccc(I)c(Cl)c1. The fraction of sp³-hybridized carbons (Fsp3) is 0.462. The van der Waals surface area contributed by atoms with Crippen molar-refractivity contribution in [1.82, 2.24) is 10.2 Å². The molecule has 19 heavy (non-hydrogen) atoms. The molecule has 1 aromatic carbocycles. The van der Waals surface area contributed by atoms with Crippen LogP contribution in [0.4, 0.5) is 0 Å². The normalized spacial score (nSPS) is 19.2. The van der Waals surface area contributed by atoms with Gasteiger partial charge in [0.25, 0.3) is 5.91 Å². The maximum Gasteiger partial charge on any atom is 0.253 e. The molecule has 4 nitrogen and oxygen atoms in total. The number of carbonyl (C=O) groups is 1. The summed E-state index contributed by atoms with van der Waals surface area (Å²) < 4.78 is 6.54. The quantitative estimate of drug-likeness (QED) is 0.798. The predicted molar refractivity (Wildman–Crippen MR) is 83.7 cm³/mol. The van der Waals surface area contributed by atoms with Crippen LogP contribution in [0.1, 0.15) is 10.4 Å². The third kappa shape index (κ3) is 4.05. The Morgan fingerprint density at radius 1 is 1.63 bits per heavy atom. The number of benzene rings is 1. The van der Waals surface area contributed by atoms with Gasteiger partial charge in [-0.15, -0.1) is 0 Å². The minimum atomic E-state index is -0.0347. The summed E-state index contributed by atoms with van der Waals surface area (Å²) in [7, 11) is 1.78. The molecule has 0 aromatic heterocycles. The number of halogens is 2. The number of likely N-dealkylation sites (N-methyl/N-ethyl adjacent to an activating group) is 1. The summed E-state index contributed by atoms with van der Waals surface area (Å²) in [4.78, 5) is 13.9. The van der Waals surface area contributed by atoms with Gasteiger partial charge < -0.3 is 15.0 Å². The van der Waals surface area contributed by atoms with Crippen LogP contribution in [0.2, 0.25) is 5.02 Å². The maximum atomic E-state index is 12.3. The van der Waals surface area contributed by atoms with E-state index in [-0.39, 0.29) is 12.0 Å². The summed E-state index contributed by atoms with van der Waals surface area (Å²) >= 11 is 8.18. The largest absolute Gasteiger partial charge is 0.374 e. The molecule has 2 rings (SSSR count). The summed E-state index contributed by atoms with van der Waals surface area (Å²) in [5, 5.41) is 3.86. The van der Waals surface area contributed by atoms with Crippen molar-refractivity contribution in [2.45, 2.75) is 6.10 Å². The first-order valence-electron chi connectivity index (χ1n) is 6.11. The molecule has 0 spiro atoms. The van der Waals surface area contributed by atoms with Gasteiger partial charge in [-0.1, -0.05) is 11.6 Å². The smallest absolute Gasteiger partial charge is 0.253 e. The fourth-order valence-electron chi connectivity index (χ4n) is 1.97. The van der Waals surface area contributed by atoms with Gasteiger partial charge in [0.05, 0.1) is 17.7 Å². The van der Waals surface area contributed by atoms with Crippen molar-refractivity contribution in [2.75, 3.05) is 33.3 Å². The summed E-state index contributed by atoms with van der Waals surface area (Å²) in [6.07, 6.45) is 0.0574. The molecule has 1 N–H and O–H groups in total. The van der Waals surface area contributed by atoms with Crippen LogP contribution in [0.3, 0.4) is 0 Å². The highest BCUT2D eigenvalue weighted by molar-refractivity contribution is 14.1. The van der Waals surface area contributed by atoms with Crippen LogP contribution < -0.4 is 5.32 Å². The van der Waals surface area contributed by atoms with Gasteiger partial charge in [0.2, 0.25) is 0 Å². The summed E-state index contributed by atoms with van der Waals surface area (Å²) in [5.41, 5.74) is 0.608. The molecule has 104 valence electrons. The number of rotatable bonds is 3. The highest BCUT2D eigenvalue weighted by Gasteiger charge is 2.19. The Morgan fingerprint density at radius 3 is 3.05 bits per heavy atom. The lowest BCUT2D eigenvalue weighted by Gasteiger charge is -2.28. The molecule has 1 saturated heterocycles. The molecule has 0 saturated carbocycles. The zero-order valence-corrected chi connectivity index (χ0v) is 13.6. The van der Waals surface area contributed by atoms with Crippen LogP contribution in [0, 0.1) is 3.57 Å². The van der Waals surface area contributed by atoms with E-state index in [0.717, 1.165) is 16.7 Å². The molecule has 6 heteroatoms. The van der Waals surface area contributed by atoms with E-state index in [4.69, 9.17) is 16.3 Å². The van der Waals surface area contributed by atoms with Crippen molar-refractivity contribution < 1.29 is 9.53 Å². The number of nitrogens with one attached hydrogen (secondary N) is 1. The lowest BCUT2D eigenvalue weighted by atomic mass is 10.2. The second-order valence-electron chi connectivity index (χ2n) is 4.51. The first-order valence-corrected chi connectivity index (χ1v) is 7.56. The third-order valence-corrected chi connectivity index (χ3v) is 4.57. The molecule has 0 bridgehead atoms. The minimum absolute atomic E-state index is 0.0347. The van der Waals surface area contributed by atoms with E-state index in [1.54, 1.807) is 24.1 Å². The topological polar surface area (TPSA) is 41.6 Å². The van der Waals surface area contributed by atoms with Gasteiger partial charge in [-0.05, 0) is 40.8 Å². The predicted octanol–water partition coefficient (Wildman–Crippen LogP) is 2.00. The van der Waals surface area contributed by atoms with E-state index in [1.807, 2.05) is 6.07 Å². The molecular weight excluding hydrogens is 379 g/mol. The Morgan fingerprint density at radius 2 is 2.42 bits per heavy atom. The molecule has 1 aromatic rings. The Balaban J connectivity index is 1.99. The molecule has 1 aliphatic rings. The van der Waals surface area contributed by atoms with E-state index in [9.17, 15) is 4.79 Å². The average Bonchev–Trinajstić information content (AvgIpc) is 2.42. The zero-order valence-electron chi connectivity index (χ0n) is 10.7. The van der Waals surface area contributed by atoms with E-state index in [0.29, 0.717) is 23.7 Å². The standard InChI is InChI=1S/C13H16ClIN2O2/c1-17(8-10-7-16-4-5-19-10)13(18)9-2-3-12(15)11(14)6-9/h2-3,6,10,16H,4-5,7-8H2,1H3. The molecule has 0 radical (unpaired) electrons. The molecule has 0 aliphatic carbocycles. The average molecular weight is 395 g/mol. The fourth-order valence-corrected chi connectivity index (χ4v) is 2.49.